The van der Waals surface area contributed by atoms with Crippen LogP contribution in [0.4, 0.5) is 0 Å². The minimum atomic E-state index is -3.72. The van der Waals surface area contributed by atoms with Crippen molar-refractivity contribution in [2.45, 2.75) is 26.3 Å². The molecule has 0 bridgehead atoms. The number of hydrogen-bond acceptors (Lipinski definition) is 4. The maximum atomic E-state index is 12.0. The van der Waals surface area contributed by atoms with Crippen LogP contribution in [-0.2, 0) is 19.6 Å². The van der Waals surface area contributed by atoms with Gasteiger partial charge in [-0.2, -0.15) is 4.72 Å². The molecule has 0 aliphatic carbocycles. The minimum Gasteiger partial charge on any atom is -0.468 e. The minimum absolute atomic E-state index is 0.155. The Hall–Kier alpha value is -1.66. The molecule has 0 fully saturated rings. The van der Waals surface area contributed by atoms with Crippen molar-refractivity contribution in [1.29, 1.82) is 0 Å². The number of carbonyl (C=O) groups excluding carboxylic acids is 1. The summed E-state index contributed by atoms with van der Waals surface area (Å²) >= 11 is 0. The second-order valence-electron chi connectivity index (χ2n) is 4.76. The Labute approximate surface area is 126 Å². The van der Waals surface area contributed by atoms with Gasteiger partial charge in [0, 0.05) is 5.41 Å². The number of sulfonamides is 1. The van der Waals surface area contributed by atoms with Gasteiger partial charge in [-0.15, -0.1) is 0 Å². The molecular weight excluding hydrogens is 290 g/mol. The average molecular weight is 311 g/mol. The van der Waals surface area contributed by atoms with Crippen LogP contribution in [-0.4, -0.2) is 27.5 Å². The number of hydrogen-bond donors (Lipinski definition) is 1. The summed E-state index contributed by atoms with van der Waals surface area (Å²) in [6.07, 6.45) is 2.14. The molecule has 1 rings (SSSR count). The fourth-order valence-corrected chi connectivity index (χ4v) is 2.81. The van der Waals surface area contributed by atoms with E-state index in [-0.39, 0.29) is 5.92 Å². The molecule has 0 aliphatic rings. The van der Waals surface area contributed by atoms with E-state index in [0.717, 1.165) is 11.0 Å². The number of rotatable bonds is 7. The van der Waals surface area contributed by atoms with Crippen molar-refractivity contribution in [2.24, 2.45) is 5.92 Å². The molecule has 0 amide bonds. The summed E-state index contributed by atoms with van der Waals surface area (Å²) in [5.74, 6) is -0.738. The van der Waals surface area contributed by atoms with Crippen molar-refractivity contribution in [1.82, 2.24) is 4.72 Å². The van der Waals surface area contributed by atoms with Crippen LogP contribution in [0.25, 0.3) is 6.08 Å². The van der Waals surface area contributed by atoms with E-state index in [0.29, 0.717) is 6.42 Å². The first-order valence-electron chi connectivity index (χ1n) is 6.73. The number of methoxy groups -OCH3 is 1. The van der Waals surface area contributed by atoms with Gasteiger partial charge in [-0.3, -0.25) is 4.79 Å². The Morgan fingerprint density at radius 1 is 1.33 bits per heavy atom. The third kappa shape index (κ3) is 5.69. The maximum absolute atomic E-state index is 12.0. The summed E-state index contributed by atoms with van der Waals surface area (Å²) in [4.78, 5) is 11.7. The highest BCUT2D eigenvalue weighted by atomic mass is 32.2. The van der Waals surface area contributed by atoms with Gasteiger partial charge in [-0.25, -0.2) is 8.42 Å². The predicted octanol–water partition coefficient (Wildman–Crippen LogP) is 2.16. The van der Waals surface area contributed by atoms with Gasteiger partial charge < -0.3 is 4.74 Å². The first-order chi connectivity index (χ1) is 9.89. The van der Waals surface area contributed by atoms with Gasteiger partial charge in [0.15, 0.2) is 0 Å². The summed E-state index contributed by atoms with van der Waals surface area (Å²) in [5, 5.41) is 1.06. The second kappa shape index (κ2) is 7.95. The van der Waals surface area contributed by atoms with Gasteiger partial charge in [0.1, 0.15) is 6.04 Å². The third-order valence-corrected chi connectivity index (χ3v) is 4.28. The van der Waals surface area contributed by atoms with E-state index >= 15 is 0 Å². The molecule has 1 N–H and O–H groups in total. The van der Waals surface area contributed by atoms with Crippen molar-refractivity contribution >= 4 is 22.1 Å². The number of ether oxygens (including phenoxy) is 1. The summed E-state index contributed by atoms with van der Waals surface area (Å²) < 4.78 is 31.1. The van der Waals surface area contributed by atoms with Gasteiger partial charge in [0.25, 0.3) is 0 Å². The van der Waals surface area contributed by atoms with Crippen LogP contribution in [0.15, 0.2) is 35.7 Å². The monoisotopic (exact) mass is 311 g/mol. The molecule has 6 heteroatoms. The first kappa shape index (κ1) is 17.4. The fourth-order valence-electron chi connectivity index (χ4n) is 1.71. The normalized spacial score (nSPS) is 14.8. The molecular formula is C15H21NO4S. The lowest BCUT2D eigenvalue weighted by atomic mass is 10.0. The Morgan fingerprint density at radius 3 is 2.48 bits per heavy atom. The van der Waals surface area contributed by atoms with E-state index in [9.17, 15) is 13.2 Å². The number of benzene rings is 1. The largest absolute Gasteiger partial charge is 0.468 e. The van der Waals surface area contributed by atoms with Crippen LogP contribution in [0.2, 0.25) is 0 Å². The van der Waals surface area contributed by atoms with Gasteiger partial charge in [-0.1, -0.05) is 50.6 Å². The lowest BCUT2D eigenvalue weighted by molar-refractivity contribution is -0.143. The van der Waals surface area contributed by atoms with Crippen LogP contribution >= 0.6 is 0 Å². The lowest BCUT2D eigenvalue weighted by Gasteiger charge is -2.20. The SMILES string of the molecule is CC[C@@H](C)[C@@H](NS(=O)(=O)/C=C/c1ccccc1)C(=O)OC. The fraction of sp³-hybridized carbons (Fsp3) is 0.400. The van der Waals surface area contributed by atoms with E-state index in [1.807, 2.05) is 25.1 Å². The molecule has 1 aromatic carbocycles. The zero-order chi connectivity index (χ0) is 15.9. The molecule has 116 valence electrons. The van der Waals surface area contributed by atoms with E-state index in [4.69, 9.17) is 0 Å². The van der Waals surface area contributed by atoms with Crippen molar-refractivity contribution in [3.63, 3.8) is 0 Å². The molecule has 1 aromatic rings. The molecule has 21 heavy (non-hydrogen) atoms. The molecule has 0 radical (unpaired) electrons. The Balaban J connectivity index is 2.86. The van der Waals surface area contributed by atoms with Crippen LogP contribution in [0.5, 0.6) is 0 Å². The Kier molecular flexibility index (Phi) is 6.58. The van der Waals surface area contributed by atoms with Crippen molar-refractivity contribution in [3.8, 4) is 0 Å². The summed E-state index contributed by atoms with van der Waals surface area (Å²) in [6.45, 7) is 3.68. The van der Waals surface area contributed by atoms with Crippen LogP contribution < -0.4 is 4.72 Å². The van der Waals surface area contributed by atoms with E-state index in [1.54, 1.807) is 19.1 Å². The van der Waals surface area contributed by atoms with Gasteiger partial charge in [0.05, 0.1) is 7.11 Å². The average Bonchev–Trinajstić information content (AvgIpc) is 2.50. The summed E-state index contributed by atoms with van der Waals surface area (Å²) in [6, 6.07) is 8.18. The van der Waals surface area contributed by atoms with Crippen LogP contribution in [0, 0.1) is 5.92 Å². The highest BCUT2D eigenvalue weighted by Gasteiger charge is 2.28. The zero-order valence-corrected chi connectivity index (χ0v) is 13.3. The predicted molar refractivity (Wildman–Crippen MR) is 82.8 cm³/mol. The standard InChI is InChI=1S/C15H21NO4S/c1-4-12(2)14(15(17)20-3)16-21(18,19)11-10-13-8-6-5-7-9-13/h5-12,14,16H,4H2,1-3H3/b11-10+/t12-,14-/m1/s1. The third-order valence-electron chi connectivity index (χ3n) is 3.20. The molecule has 5 nitrogen and oxygen atoms in total. The Morgan fingerprint density at radius 2 is 1.95 bits per heavy atom. The quantitative estimate of drug-likeness (QED) is 0.783. The van der Waals surface area contributed by atoms with Gasteiger partial charge in [-0.05, 0) is 17.6 Å². The smallest absolute Gasteiger partial charge is 0.324 e. The molecule has 0 spiro atoms. The molecule has 0 aliphatic heterocycles. The second-order valence-corrected chi connectivity index (χ2v) is 6.36. The van der Waals surface area contributed by atoms with E-state index in [1.165, 1.54) is 13.2 Å². The number of carbonyl (C=O) groups is 1. The highest BCUT2D eigenvalue weighted by molar-refractivity contribution is 7.92. The molecule has 0 heterocycles. The summed E-state index contributed by atoms with van der Waals surface area (Å²) in [5.41, 5.74) is 0.765. The lowest BCUT2D eigenvalue weighted by Crippen LogP contribution is -2.44. The molecule has 0 saturated heterocycles. The molecule has 2 atom stereocenters. The molecule has 0 saturated carbocycles. The Bertz CT molecular complexity index is 581. The van der Waals surface area contributed by atoms with Gasteiger partial charge in [0.2, 0.25) is 10.0 Å². The highest BCUT2D eigenvalue weighted by Crippen LogP contribution is 2.11. The van der Waals surface area contributed by atoms with E-state index < -0.39 is 22.0 Å². The van der Waals surface area contributed by atoms with E-state index in [2.05, 4.69) is 9.46 Å². The first-order valence-corrected chi connectivity index (χ1v) is 8.27. The van der Waals surface area contributed by atoms with Crippen molar-refractivity contribution < 1.29 is 17.9 Å². The van der Waals surface area contributed by atoms with Crippen molar-refractivity contribution in [2.75, 3.05) is 7.11 Å². The number of esters is 1. The number of nitrogens with one attached hydrogen (secondary N) is 1. The van der Waals surface area contributed by atoms with Crippen LogP contribution in [0.3, 0.4) is 0 Å². The maximum Gasteiger partial charge on any atom is 0.324 e. The summed E-state index contributed by atoms with van der Waals surface area (Å²) in [7, 11) is -2.48. The van der Waals surface area contributed by atoms with Crippen molar-refractivity contribution in [3.05, 3.63) is 41.3 Å². The molecule has 0 aromatic heterocycles. The molecule has 0 unspecified atom stereocenters. The topological polar surface area (TPSA) is 72.5 Å². The van der Waals surface area contributed by atoms with Gasteiger partial charge >= 0.3 is 5.97 Å². The van der Waals surface area contributed by atoms with Crippen LogP contribution in [0.1, 0.15) is 25.8 Å². The zero-order valence-electron chi connectivity index (χ0n) is 12.4.